The molecule has 0 aromatic heterocycles. The minimum atomic E-state index is -0.534. The number of fused-ring (bicyclic) bond motifs is 1. The number of rotatable bonds is 2. The molecule has 1 aliphatic carbocycles. The molecule has 1 saturated carbocycles. The van der Waals surface area contributed by atoms with Crippen molar-refractivity contribution in [2.24, 2.45) is 5.92 Å². The summed E-state index contributed by atoms with van der Waals surface area (Å²) in [5.41, 5.74) is 0.721. The number of Topliss-reactive ketones (excluding diaryl/α,β-unsaturated/α-hetero) is 1. The van der Waals surface area contributed by atoms with Crippen LogP contribution in [-0.4, -0.2) is 18.2 Å². The molecule has 0 N–H and O–H groups in total. The summed E-state index contributed by atoms with van der Waals surface area (Å²) in [7, 11) is 0. The van der Waals surface area contributed by atoms with Gasteiger partial charge in [-0.3, -0.25) is 9.59 Å². The topological polar surface area (TPSA) is 37.4 Å². The second kappa shape index (κ2) is 4.71. The lowest BCUT2D eigenvalue weighted by atomic mass is 10.1. The molecule has 1 aromatic carbocycles. The van der Waals surface area contributed by atoms with E-state index in [9.17, 15) is 14.0 Å². The van der Waals surface area contributed by atoms with Gasteiger partial charge in [-0.25, -0.2) is 4.39 Å². The van der Waals surface area contributed by atoms with E-state index >= 15 is 0 Å². The highest BCUT2D eigenvalue weighted by molar-refractivity contribution is 9.10. The molecule has 2 aliphatic rings. The number of ketones is 1. The van der Waals surface area contributed by atoms with Gasteiger partial charge in [0, 0.05) is 6.54 Å². The van der Waals surface area contributed by atoms with E-state index in [0.717, 1.165) is 12.8 Å². The van der Waals surface area contributed by atoms with Gasteiger partial charge in [0.1, 0.15) is 5.82 Å². The first-order valence-corrected chi connectivity index (χ1v) is 7.22. The van der Waals surface area contributed by atoms with Gasteiger partial charge in [-0.2, -0.15) is 0 Å². The Hall–Kier alpha value is -1.23. The van der Waals surface area contributed by atoms with Crippen LogP contribution in [0.2, 0.25) is 0 Å². The van der Waals surface area contributed by atoms with E-state index < -0.39 is 17.5 Å². The molecule has 3 rings (SSSR count). The number of halogens is 2. The van der Waals surface area contributed by atoms with Crippen LogP contribution < -0.4 is 4.90 Å². The van der Waals surface area contributed by atoms with Crippen LogP contribution >= 0.6 is 15.9 Å². The highest BCUT2D eigenvalue weighted by Gasteiger charge is 2.38. The largest absolute Gasteiger partial charge is 0.304 e. The van der Waals surface area contributed by atoms with Crippen molar-refractivity contribution in [3.63, 3.8) is 0 Å². The molecule has 1 heterocycles. The molecule has 0 radical (unpaired) electrons. The smallest absolute Gasteiger partial charge is 0.299 e. The molecule has 1 aliphatic heterocycles. The standard InChI is InChI=1S/C14H13BrFNO2/c15-10-5-9-12(6-11(10)16)17(14(19)13(9)18)7-8-3-1-2-4-8/h5-6,8H,1-4,7H2. The minimum absolute atomic E-state index is 0.218. The molecule has 5 heteroatoms. The minimum Gasteiger partial charge on any atom is -0.304 e. The lowest BCUT2D eigenvalue weighted by molar-refractivity contribution is -0.114. The van der Waals surface area contributed by atoms with Gasteiger partial charge in [0.25, 0.3) is 11.7 Å². The second-order valence-electron chi connectivity index (χ2n) is 5.18. The Morgan fingerprint density at radius 3 is 2.63 bits per heavy atom. The highest BCUT2D eigenvalue weighted by atomic mass is 79.9. The van der Waals surface area contributed by atoms with E-state index in [1.165, 1.54) is 29.9 Å². The number of hydrogen-bond acceptors (Lipinski definition) is 2. The summed E-state index contributed by atoms with van der Waals surface area (Å²) >= 11 is 3.05. The van der Waals surface area contributed by atoms with Crippen LogP contribution in [0.25, 0.3) is 0 Å². The quantitative estimate of drug-likeness (QED) is 0.782. The van der Waals surface area contributed by atoms with E-state index in [1.54, 1.807) is 0 Å². The number of nitrogens with zero attached hydrogens (tertiary/aromatic N) is 1. The van der Waals surface area contributed by atoms with Crippen molar-refractivity contribution in [2.75, 3.05) is 11.4 Å². The van der Waals surface area contributed by atoms with E-state index in [4.69, 9.17) is 0 Å². The zero-order valence-corrected chi connectivity index (χ0v) is 11.9. The SMILES string of the molecule is O=C1C(=O)N(CC2CCCC2)c2cc(F)c(Br)cc21. The molecule has 0 unspecified atom stereocenters. The van der Waals surface area contributed by atoms with E-state index in [1.807, 2.05) is 0 Å². The van der Waals surface area contributed by atoms with Gasteiger partial charge in [0.2, 0.25) is 0 Å². The van der Waals surface area contributed by atoms with Gasteiger partial charge in [-0.15, -0.1) is 0 Å². The van der Waals surface area contributed by atoms with Crippen molar-refractivity contribution in [3.8, 4) is 0 Å². The number of carbonyl (C=O) groups is 2. The van der Waals surface area contributed by atoms with Crippen LogP contribution in [0.1, 0.15) is 36.0 Å². The lowest BCUT2D eigenvalue weighted by Gasteiger charge is -2.20. The third-order valence-corrected chi connectivity index (χ3v) is 4.54. The van der Waals surface area contributed by atoms with E-state index in [-0.39, 0.29) is 4.47 Å². The van der Waals surface area contributed by atoms with Crippen LogP contribution in [0.4, 0.5) is 10.1 Å². The lowest BCUT2D eigenvalue weighted by Crippen LogP contribution is -2.33. The first kappa shape index (κ1) is 12.8. The molecular formula is C14H13BrFNO2. The van der Waals surface area contributed by atoms with Gasteiger partial charge in [-0.05, 0) is 46.8 Å². The molecule has 1 amide bonds. The fourth-order valence-electron chi connectivity index (χ4n) is 2.92. The molecule has 0 atom stereocenters. The predicted molar refractivity (Wildman–Crippen MR) is 72.7 cm³/mol. The zero-order chi connectivity index (χ0) is 13.6. The summed E-state index contributed by atoms with van der Waals surface area (Å²) < 4.78 is 13.8. The molecular weight excluding hydrogens is 313 g/mol. The van der Waals surface area contributed by atoms with Crippen molar-refractivity contribution in [1.29, 1.82) is 0 Å². The van der Waals surface area contributed by atoms with Gasteiger partial charge >= 0.3 is 0 Å². The van der Waals surface area contributed by atoms with Crippen LogP contribution in [0.3, 0.4) is 0 Å². The monoisotopic (exact) mass is 325 g/mol. The number of hydrogen-bond donors (Lipinski definition) is 0. The zero-order valence-electron chi connectivity index (χ0n) is 10.3. The third-order valence-electron chi connectivity index (χ3n) is 3.93. The molecule has 1 aromatic rings. The van der Waals surface area contributed by atoms with Crippen LogP contribution in [0.15, 0.2) is 16.6 Å². The maximum Gasteiger partial charge on any atom is 0.299 e. The first-order valence-electron chi connectivity index (χ1n) is 6.43. The summed E-state index contributed by atoms with van der Waals surface area (Å²) in [4.78, 5) is 25.4. The van der Waals surface area contributed by atoms with E-state index in [0.29, 0.717) is 23.7 Å². The summed E-state index contributed by atoms with van der Waals surface area (Å²) in [6, 6.07) is 2.68. The summed E-state index contributed by atoms with van der Waals surface area (Å²) in [5.74, 6) is -1.08. The molecule has 1 fully saturated rings. The maximum absolute atomic E-state index is 13.6. The fraction of sp³-hybridized carbons (Fsp3) is 0.429. The summed E-state index contributed by atoms with van der Waals surface area (Å²) in [5, 5.41) is 0. The normalized spacial score (nSPS) is 19.4. The number of anilines is 1. The summed E-state index contributed by atoms with van der Waals surface area (Å²) in [6.07, 6.45) is 4.49. The maximum atomic E-state index is 13.6. The second-order valence-corrected chi connectivity index (χ2v) is 6.03. The molecule has 0 spiro atoms. The van der Waals surface area contributed by atoms with Gasteiger partial charge < -0.3 is 4.90 Å². The Bertz CT molecular complexity index is 567. The van der Waals surface area contributed by atoms with Crippen molar-refractivity contribution in [2.45, 2.75) is 25.7 Å². The Labute approximate surface area is 118 Å². The van der Waals surface area contributed by atoms with E-state index in [2.05, 4.69) is 15.9 Å². The van der Waals surface area contributed by atoms with Crippen LogP contribution in [0.5, 0.6) is 0 Å². The van der Waals surface area contributed by atoms with Gasteiger partial charge in [0.15, 0.2) is 0 Å². The highest BCUT2D eigenvalue weighted by Crippen LogP contribution is 2.35. The van der Waals surface area contributed by atoms with Crippen LogP contribution in [-0.2, 0) is 4.79 Å². The molecule has 0 bridgehead atoms. The Morgan fingerprint density at radius 2 is 1.95 bits per heavy atom. The molecule has 19 heavy (non-hydrogen) atoms. The average molecular weight is 326 g/mol. The summed E-state index contributed by atoms with van der Waals surface area (Å²) in [6.45, 7) is 0.526. The van der Waals surface area contributed by atoms with Crippen molar-refractivity contribution in [1.82, 2.24) is 0 Å². The molecule has 100 valence electrons. The average Bonchev–Trinajstić information content (AvgIpc) is 2.96. The fourth-order valence-corrected chi connectivity index (χ4v) is 3.26. The van der Waals surface area contributed by atoms with Crippen LogP contribution in [0, 0.1) is 11.7 Å². The Morgan fingerprint density at radius 1 is 1.26 bits per heavy atom. The Balaban J connectivity index is 1.96. The van der Waals surface area contributed by atoms with Crippen molar-refractivity contribution >= 4 is 33.3 Å². The Kier molecular flexibility index (Phi) is 3.17. The third kappa shape index (κ3) is 2.10. The van der Waals surface area contributed by atoms with Crippen molar-refractivity contribution in [3.05, 3.63) is 28.0 Å². The molecule has 3 nitrogen and oxygen atoms in total. The number of amides is 1. The van der Waals surface area contributed by atoms with Gasteiger partial charge in [0.05, 0.1) is 15.7 Å². The van der Waals surface area contributed by atoms with Crippen molar-refractivity contribution < 1.29 is 14.0 Å². The molecule has 0 saturated heterocycles. The number of carbonyl (C=O) groups excluding carboxylic acids is 2. The first-order chi connectivity index (χ1) is 9.08. The van der Waals surface area contributed by atoms with Gasteiger partial charge in [-0.1, -0.05) is 12.8 Å². The predicted octanol–water partition coefficient (Wildman–Crippen LogP) is 3.31. The number of benzene rings is 1.